The summed E-state index contributed by atoms with van der Waals surface area (Å²) < 4.78 is 0. The van der Waals surface area contributed by atoms with Gasteiger partial charge in [0.2, 0.25) is 11.8 Å². The van der Waals surface area contributed by atoms with E-state index in [4.69, 9.17) is 16.2 Å². The molecule has 9 nitrogen and oxygen atoms in total. The smallest absolute Gasteiger partial charge is 0.335 e. The summed E-state index contributed by atoms with van der Waals surface area (Å²) in [6.45, 7) is 0.517. The van der Waals surface area contributed by atoms with Crippen molar-refractivity contribution in [3.05, 3.63) is 29.8 Å². The number of carboxylic acids is 1. The average molecular weight is 319 g/mol. The van der Waals surface area contributed by atoms with Crippen molar-refractivity contribution in [3.8, 4) is 0 Å². The fourth-order valence-corrected chi connectivity index (χ4v) is 2.19. The molecule has 1 aliphatic heterocycles. The molecule has 0 unspecified atom stereocenters. The number of nitrogens with one attached hydrogen (secondary N) is 2. The van der Waals surface area contributed by atoms with Gasteiger partial charge in [0.05, 0.1) is 18.7 Å². The molecule has 1 aromatic carbocycles. The Morgan fingerprint density at radius 2 is 2.09 bits per heavy atom. The Kier molecular flexibility index (Phi) is 4.79. The van der Waals surface area contributed by atoms with Crippen LogP contribution in [-0.2, 0) is 9.59 Å². The lowest BCUT2D eigenvalue weighted by molar-refractivity contribution is -0.137. The maximum Gasteiger partial charge on any atom is 0.335 e. The highest BCUT2D eigenvalue weighted by Gasteiger charge is 2.26. The molecule has 2 rings (SSSR count). The van der Waals surface area contributed by atoms with Crippen molar-refractivity contribution in [3.63, 3.8) is 0 Å². The van der Waals surface area contributed by atoms with Gasteiger partial charge in [0.1, 0.15) is 0 Å². The molecule has 0 saturated carbocycles. The molecule has 5 N–H and O–H groups in total. The Balaban J connectivity index is 1.93. The number of aromatic carboxylic acids is 1. The van der Waals surface area contributed by atoms with Crippen molar-refractivity contribution in [2.24, 2.45) is 5.73 Å². The number of amides is 2. The van der Waals surface area contributed by atoms with E-state index in [2.05, 4.69) is 5.32 Å². The zero-order chi connectivity index (χ0) is 17.0. The highest BCUT2D eigenvalue weighted by atomic mass is 16.4. The lowest BCUT2D eigenvalue weighted by Crippen LogP contribution is -2.55. The topological polar surface area (TPSA) is 140 Å². The van der Waals surface area contributed by atoms with Crippen molar-refractivity contribution in [2.45, 2.75) is 0 Å². The van der Waals surface area contributed by atoms with Crippen LogP contribution in [-0.4, -0.2) is 64.8 Å². The minimum absolute atomic E-state index is 0.0306. The minimum atomic E-state index is -1.09. The summed E-state index contributed by atoms with van der Waals surface area (Å²) in [5, 5.41) is 18.8. The highest BCUT2D eigenvalue weighted by Crippen LogP contribution is 2.11. The fourth-order valence-electron chi connectivity index (χ4n) is 2.19. The van der Waals surface area contributed by atoms with E-state index in [1.165, 1.54) is 28.0 Å². The molecule has 9 heteroatoms. The predicted octanol–water partition coefficient (Wildman–Crippen LogP) is -0.639. The van der Waals surface area contributed by atoms with Gasteiger partial charge in [0.15, 0.2) is 5.96 Å². The normalized spacial score (nSPS) is 14.5. The van der Waals surface area contributed by atoms with Gasteiger partial charge in [-0.15, -0.1) is 0 Å². The molecular formula is C14H17N5O4. The first-order valence-electron chi connectivity index (χ1n) is 6.87. The average Bonchev–Trinajstić information content (AvgIpc) is 2.49. The maximum absolute atomic E-state index is 12.0. The second kappa shape index (κ2) is 6.77. The highest BCUT2D eigenvalue weighted by molar-refractivity contribution is 5.97. The second-order valence-corrected chi connectivity index (χ2v) is 5.06. The molecule has 1 aromatic rings. The molecule has 122 valence electrons. The first-order valence-corrected chi connectivity index (χ1v) is 6.87. The minimum Gasteiger partial charge on any atom is -0.478 e. The van der Waals surface area contributed by atoms with Crippen LogP contribution in [0.25, 0.3) is 0 Å². The van der Waals surface area contributed by atoms with Crippen molar-refractivity contribution in [1.29, 1.82) is 5.41 Å². The lowest BCUT2D eigenvalue weighted by atomic mass is 10.2. The number of carbonyl (C=O) groups excluding carboxylic acids is 2. The van der Waals surface area contributed by atoms with Gasteiger partial charge < -0.3 is 26.0 Å². The van der Waals surface area contributed by atoms with Crippen LogP contribution < -0.4 is 11.1 Å². The van der Waals surface area contributed by atoms with Gasteiger partial charge in [-0.2, -0.15) is 0 Å². The third kappa shape index (κ3) is 4.19. The van der Waals surface area contributed by atoms with E-state index in [-0.39, 0.29) is 30.5 Å². The number of guanidine groups is 1. The molecule has 2 amide bonds. The van der Waals surface area contributed by atoms with Gasteiger partial charge in [-0.25, -0.2) is 4.79 Å². The van der Waals surface area contributed by atoms with E-state index in [9.17, 15) is 14.4 Å². The molecule has 1 fully saturated rings. The van der Waals surface area contributed by atoms with Crippen LogP contribution >= 0.6 is 0 Å². The van der Waals surface area contributed by atoms with Crippen LogP contribution in [0.15, 0.2) is 24.3 Å². The monoisotopic (exact) mass is 319 g/mol. The largest absolute Gasteiger partial charge is 0.478 e. The van der Waals surface area contributed by atoms with Crippen LogP contribution in [0.5, 0.6) is 0 Å². The molecule has 1 aliphatic rings. The molecule has 0 aliphatic carbocycles. The zero-order valence-corrected chi connectivity index (χ0v) is 12.3. The zero-order valence-electron chi connectivity index (χ0n) is 12.3. The fraction of sp³-hybridized carbons (Fsp3) is 0.286. The summed E-state index contributed by atoms with van der Waals surface area (Å²) in [5.41, 5.74) is 5.74. The van der Waals surface area contributed by atoms with Gasteiger partial charge in [-0.1, -0.05) is 6.07 Å². The van der Waals surface area contributed by atoms with Crippen molar-refractivity contribution >= 4 is 29.4 Å². The van der Waals surface area contributed by atoms with Gasteiger partial charge in [-0.3, -0.25) is 15.0 Å². The number of carboxylic acid groups (broad SMARTS) is 1. The third-order valence-corrected chi connectivity index (χ3v) is 3.39. The molecule has 0 aromatic heterocycles. The summed E-state index contributed by atoms with van der Waals surface area (Å²) in [6, 6.07) is 5.86. The van der Waals surface area contributed by atoms with E-state index in [0.29, 0.717) is 18.8 Å². The van der Waals surface area contributed by atoms with Crippen LogP contribution in [0.4, 0.5) is 5.69 Å². The second-order valence-electron chi connectivity index (χ2n) is 5.06. The molecular weight excluding hydrogens is 302 g/mol. The van der Waals surface area contributed by atoms with Gasteiger partial charge in [0.25, 0.3) is 0 Å². The number of anilines is 1. The Hall–Kier alpha value is -3.10. The van der Waals surface area contributed by atoms with Crippen molar-refractivity contribution in [2.75, 3.05) is 31.5 Å². The molecule has 0 spiro atoms. The molecule has 0 atom stereocenters. The summed E-state index contributed by atoms with van der Waals surface area (Å²) in [6.07, 6.45) is 0. The van der Waals surface area contributed by atoms with Gasteiger partial charge >= 0.3 is 5.97 Å². The van der Waals surface area contributed by atoms with Crippen LogP contribution in [0, 0.1) is 5.41 Å². The van der Waals surface area contributed by atoms with Crippen LogP contribution in [0.2, 0.25) is 0 Å². The van der Waals surface area contributed by atoms with E-state index in [0.717, 1.165) is 0 Å². The third-order valence-electron chi connectivity index (χ3n) is 3.39. The number of carbonyl (C=O) groups is 3. The van der Waals surface area contributed by atoms with Gasteiger partial charge in [0, 0.05) is 18.8 Å². The molecule has 1 saturated heterocycles. The Bertz CT molecular complexity index is 660. The van der Waals surface area contributed by atoms with Crippen molar-refractivity contribution in [1.82, 2.24) is 9.80 Å². The summed E-state index contributed by atoms with van der Waals surface area (Å²) in [5.74, 6) is -1.97. The van der Waals surface area contributed by atoms with Gasteiger partial charge in [-0.05, 0) is 18.2 Å². The number of hydrogen-bond acceptors (Lipinski definition) is 4. The number of nitrogens with zero attached hydrogens (tertiary/aromatic N) is 2. The number of piperazine rings is 1. The molecule has 0 radical (unpaired) electrons. The number of hydrogen-bond donors (Lipinski definition) is 4. The Labute approximate surface area is 132 Å². The molecule has 0 bridgehead atoms. The van der Waals surface area contributed by atoms with Crippen LogP contribution in [0.3, 0.4) is 0 Å². The van der Waals surface area contributed by atoms with Crippen molar-refractivity contribution < 1.29 is 19.5 Å². The summed E-state index contributed by atoms with van der Waals surface area (Å²) >= 11 is 0. The quantitative estimate of drug-likeness (QED) is 0.430. The van der Waals surface area contributed by atoms with Crippen LogP contribution in [0.1, 0.15) is 10.4 Å². The Morgan fingerprint density at radius 1 is 1.35 bits per heavy atom. The Morgan fingerprint density at radius 3 is 2.70 bits per heavy atom. The number of rotatable bonds is 4. The SMILES string of the molecule is N=C(N)N1CCN(CC(=O)Nc2cccc(C(=O)O)c2)C(=O)C1. The molecule has 23 heavy (non-hydrogen) atoms. The number of benzene rings is 1. The first-order chi connectivity index (χ1) is 10.9. The molecule has 1 heterocycles. The summed E-state index contributed by atoms with van der Waals surface area (Å²) in [7, 11) is 0. The lowest BCUT2D eigenvalue weighted by Gasteiger charge is -2.34. The van der Waals surface area contributed by atoms with E-state index in [1.807, 2.05) is 0 Å². The first kappa shape index (κ1) is 16.3. The standard InChI is InChI=1S/C14H17N5O4/c15-14(16)19-5-4-18(12(21)8-19)7-11(20)17-10-3-1-2-9(6-10)13(22)23/h1-3,6H,4-5,7-8H2,(H3,15,16)(H,17,20)(H,22,23). The summed E-state index contributed by atoms with van der Waals surface area (Å²) in [4.78, 5) is 37.6. The maximum atomic E-state index is 12.0. The number of nitrogens with two attached hydrogens (primary N) is 1. The van der Waals surface area contributed by atoms with E-state index in [1.54, 1.807) is 6.07 Å². The van der Waals surface area contributed by atoms with E-state index < -0.39 is 11.9 Å². The predicted molar refractivity (Wildman–Crippen MR) is 82.1 cm³/mol. The van der Waals surface area contributed by atoms with E-state index >= 15 is 0 Å².